The van der Waals surface area contributed by atoms with E-state index in [4.69, 9.17) is 18.0 Å². The summed E-state index contributed by atoms with van der Waals surface area (Å²) in [5, 5.41) is 13.1. The largest absolute Gasteiger partial charge is 0.387 e. The van der Waals surface area contributed by atoms with E-state index < -0.39 is 0 Å². The van der Waals surface area contributed by atoms with Crippen LogP contribution in [0.5, 0.6) is 0 Å². The molecule has 7 heteroatoms. The van der Waals surface area contributed by atoms with Crippen molar-refractivity contribution >= 4 is 28.1 Å². The molecule has 0 spiro atoms. The Morgan fingerprint density at radius 1 is 1.28 bits per heavy atom. The maximum atomic E-state index is 5.48. The molecule has 2 N–H and O–H groups in total. The number of nitrogens with two attached hydrogens (primary N) is 1. The van der Waals surface area contributed by atoms with Crippen LogP contribution >= 0.6 is 12.2 Å². The first kappa shape index (κ1) is 10.7. The van der Waals surface area contributed by atoms with E-state index in [1.165, 1.54) is 0 Å². The lowest BCUT2D eigenvalue weighted by Gasteiger charge is -2.03. The predicted octanol–water partition coefficient (Wildman–Crippen LogP) is 0.845. The third-order valence-electron chi connectivity index (χ3n) is 2.48. The van der Waals surface area contributed by atoms with Crippen LogP contribution < -0.4 is 5.73 Å². The number of rotatable bonds is 2. The molecule has 2 aromatic heterocycles. The zero-order valence-electron chi connectivity index (χ0n) is 9.19. The van der Waals surface area contributed by atoms with Crippen LogP contribution in [0.1, 0.15) is 5.82 Å². The van der Waals surface area contributed by atoms with Crippen LogP contribution in [-0.2, 0) is 0 Å². The summed E-state index contributed by atoms with van der Waals surface area (Å²) in [7, 11) is 0. The van der Waals surface area contributed by atoms with Crippen molar-refractivity contribution in [1.82, 2.24) is 25.0 Å². The molecule has 0 bridgehead atoms. The van der Waals surface area contributed by atoms with Crippen molar-refractivity contribution in [2.24, 2.45) is 5.73 Å². The smallest absolute Gasteiger partial charge is 0.208 e. The van der Waals surface area contributed by atoms with Crippen LogP contribution in [0, 0.1) is 0 Å². The Morgan fingerprint density at radius 3 is 2.89 bits per heavy atom. The fourth-order valence-corrected chi connectivity index (χ4v) is 1.76. The summed E-state index contributed by atoms with van der Waals surface area (Å²) in [5.41, 5.74) is 7.06. The Hall–Kier alpha value is -2.41. The molecule has 3 rings (SSSR count). The van der Waals surface area contributed by atoms with Crippen molar-refractivity contribution in [1.29, 1.82) is 0 Å². The number of hydrogen-bond donors (Lipinski definition) is 1. The topological polar surface area (TPSA) is 82.5 Å². The van der Waals surface area contributed by atoms with Gasteiger partial charge >= 0.3 is 0 Å². The molecule has 2 heterocycles. The van der Waals surface area contributed by atoms with Crippen molar-refractivity contribution < 1.29 is 0 Å². The number of nitrogens with zero attached hydrogens (tertiary/aromatic N) is 5. The van der Waals surface area contributed by atoms with Gasteiger partial charge in [-0.2, -0.15) is 10.2 Å². The Labute approximate surface area is 107 Å². The number of fused-ring (bicyclic) bond motifs is 1. The molecule has 0 saturated heterocycles. The van der Waals surface area contributed by atoms with Gasteiger partial charge in [0.05, 0.1) is 17.4 Å². The molecule has 0 aliphatic heterocycles. The van der Waals surface area contributed by atoms with Crippen LogP contribution in [-0.4, -0.2) is 30.0 Å². The van der Waals surface area contributed by atoms with Crippen LogP contribution in [0.15, 0.2) is 36.8 Å². The van der Waals surface area contributed by atoms with E-state index in [2.05, 4.69) is 20.3 Å². The van der Waals surface area contributed by atoms with Gasteiger partial charge in [0.15, 0.2) is 0 Å². The van der Waals surface area contributed by atoms with Crippen molar-refractivity contribution in [3.63, 3.8) is 0 Å². The zero-order chi connectivity index (χ0) is 12.5. The molecule has 3 aromatic rings. The fraction of sp³-hybridized carbons (Fsp3) is 0. The van der Waals surface area contributed by atoms with Gasteiger partial charge in [0.2, 0.25) is 5.82 Å². The number of thiocarbonyl (C=S) groups is 1. The standard InChI is InChI=1S/C11H8N6S/c12-10(18)11-13-6-17(16-11)9-5-14-15-8-4-2-1-3-7(8)9/h1-6H,(H2,12,18). The first-order valence-electron chi connectivity index (χ1n) is 5.18. The average Bonchev–Trinajstić information content (AvgIpc) is 2.87. The minimum Gasteiger partial charge on any atom is -0.387 e. The van der Waals surface area contributed by atoms with Crippen molar-refractivity contribution in [2.45, 2.75) is 0 Å². The molecule has 0 saturated carbocycles. The maximum absolute atomic E-state index is 5.48. The second kappa shape index (κ2) is 4.11. The second-order valence-electron chi connectivity index (χ2n) is 3.62. The minimum absolute atomic E-state index is 0.167. The third kappa shape index (κ3) is 1.70. The molecule has 1 aromatic carbocycles. The molecule has 0 radical (unpaired) electrons. The summed E-state index contributed by atoms with van der Waals surface area (Å²) in [6.07, 6.45) is 3.18. The second-order valence-corrected chi connectivity index (χ2v) is 4.06. The molecule has 18 heavy (non-hydrogen) atoms. The van der Waals surface area contributed by atoms with Gasteiger partial charge in [0.25, 0.3) is 0 Å². The number of hydrogen-bond acceptors (Lipinski definition) is 5. The minimum atomic E-state index is 0.167. The summed E-state index contributed by atoms with van der Waals surface area (Å²) in [4.78, 5) is 4.20. The first-order valence-corrected chi connectivity index (χ1v) is 5.59. The predicted molar refractivity (Wildman–Crippen MR) is 70.3 cm³/mol. The van der Waals surface area contributed by atoms with Gasteiger partial charge in [-0.1, -0.05) is 30.4 Å². The van der Waals surface area contributed by atoms with E-state index in [1.807, 2.05) is 24.3 Å². The lowest BCUT2D eigenvalue weighted by Crippen LogP contribution is -2.12. The van der Waals surface area contributed by atoms with Crippen LogP contribution in [0.3, 0.4) is 0 Å². The van der Waals surface area contributed by atoms with Gasteiger partial charge in [-0.3, -0.25) is 0 Å². The highest BCUT2D eigenvalue weighted by molar-refractivity contribution is 7.80. The van der Waals surface area contributed by atoms with Crippen LogP contribution in [0.2, 0.25) is 0 Å². The summed E-state index contributed by atoms with van der Waals surface area (Å²) in [5.74, 6) is 0.339. The van der Waals surface area contributed by atoms with E-state index in [9.17, 15) is 0 Å². The van der Waals surface area contributed by atoms with E-state index >= 15 is 0 Å². The molecule has 0 amide bonds. The Morgan fingerprint density at radius 2 is 2.11 bits per heavy atom. The van der Waals surface area contributed by atoms with E-state index in [0.717, 1.165) is 16.6 Å². The Balaban J connectivity index is 2.21. The Bertz CT molecular complexity index is 730. The van der Waals surface area contributed by atoms with Crippen LogP contribution in [0.4, 0.5) is 0 Å². The Kier molecular flexibility index (Phi) is 2.45. The van der Waals surface area contributed by atoms with Crippen molar-refractivity contribution in [3.05, 3.63) is 42.6 Å². The highest BCUT2D eigenvalue weighted by atomic mass is 32.1. The number of benzene rings is 1. The van der Waals surface area contributed by atoms with Gasteiger partial charge in [0.1, 0.15) is 11.3 Å². The summed E-state index contributed by atoms with van der Waals surface area (Å²) in [6, 6.07) is 7.67. The third-order valence-corrected chi connectivity index (χ3v) is 2.67. The molecule has 0 unspecified atom stereocenters. The zero-order valence-corrected chi connectivity index (χ0v) is 10.0. The molecule has 6 nitrogen and oxygen atoms in total. The van der Waals surface area contributed by atoms with Crippen molar-refractivity contribution in [3.8, 4) is 5.69 Å². The summed E-state index contributed by atoms with van der Waals surface area (Å²) >= 11 is 4.83. The molecule has 0 fully saturated rings. The van der Waals surface area contributed by atoms with Gasteiger partial charge < -0.3 is 5.73 Å². The van der Waals surface area contributed by atoms with Crippen molar-refractivity contribution in [2.75, 3.05) is 0 Å². The lowest BCUT2D eigenvalue weighted by molar-refractivity contribution is 0.868. The SMILES string of the molecule is NC(=S)c1ncn(-c2cnnc3ccccc23)n1. The lowest BCUT2D eigenvalue weighted by atomic mass is 10.2. The highest BCUT2D eigenvalue weighted by Crippen LogP contribution is 2.17. The van der Waals surface area contributed by atoms with Gasteiger partial charge in [-0.05, 0) is 6.07 Å². The number of aromatic nitrogens is 5. The van der Waals surface area contributed by atoms with E-state index in [1.54, 1.807) is 17.2 Å². The summed E-state index contributed by atoms with van der Waals surface area (Å²) in [6.45, 7) is 0. The quantitative estimate of drug-likeness (QED) is 0.684. The molecular weight excluding hydrogens is 248 g/mol. The maximum Gasteiger partial charge on any atom is 0.208 e. The average molecular weight is 256 g/mol. The fourth-order valence-electron chi connectivity index (χ4n) is 1.67. The summed E-state index contributed by atoms with van der Waals surface area (Å²) < 4.78 is 1.59. The normalized spacial score (nSPS) is 10.7. The molecule has 0 atom stereocenters. The molecule has 0 aliphatic carbocycles. The van der Waals surface area contributed by atoms with Crippen LogP contribution in [0.25, 0.3) is 16.6 Å². The van der Waals surface area contributed by atoms with Gasteiger partial charge in [-0.15, -0.1) is 5.10 Å². The molecule has 88 valence electrons. The first-order chi connectivity index (χ1) is 8.75. The highest BCUT2D eigenvalue weighted by Gasteiger charge is 2.08. The van der Waals surface area contributed by atoms with Gasteiger partial charge in [0, 0.05) is 5.39 Å². The monoisotopic (exact) mass is 256 g/mol. The van der Waals surface area contributed by atoms with E-state index in [0.29, 0.717) is 5.82 Å². The molecular formula is C11H8N6S. The van der Waals surface area contributed by atoms with Gasteiger partial charge in [-0.25, -0.2) is 9.67 Å². The van der Waals surface area contributed by atoms with E-state index in [-0.39, 0.29) is 4.99 Å². The molecule has 0 aliphatic rings.